The zero-order valence-electron chi connectivity index (χ0n) is 9.71. The number of hydrogen-bond acceptors (Lipinski definition) is 5. The van der Waals surface area contributed by atoms with E-state index in [0.29, 0.717) is 17.6 Å². The second-order valence-corrected chi connectivity index (χ2v) is 4.62. The van der Waals surface area contributed by atoms with E-state index < -0.39 is 0 Å². The van der Waals surface area contributed by atoms with Gasteiger partial charge >= 0.3 is 0 Å². The minimum atomic E-state index is 0.270. The topological polar surface area (TPSA) is 82.8 Å². The summed E-state index contributed by atoms with van der Waals surface area (Å²) in [7, 11) is 1.91. The number of nitrogens with zero attached hydrogens (tertiary/aromatic N) is 4. The number of rotatable bonds is 2. The van der Waals surface area contributed by atoms with E-state index >= 15 is 0 Å². The van der Waals surface area contributed by atoms with Crippen molar-refractivity contribution in [2.24, 2.45) is 12.8 Å². The molecule has 2 heterocycles. The average Bonchev–Trinajstić information content (AvgIpc) is 2.97. The van der Waals surface area contributed by atoms with Crippen molar-refractivity contribution in [2.75, 3.05) is 0 Å². The smallest absolute Gasteiger partial charge is 0.230 e. The third-order valence-electron chi connectivity index (χ3n) is 3.31. The van der Waals surface area contributed by atoms with Crippen molar-refractivity contribution in [2.45, 2.75) is 31.2 Å². The molecule has 6 heteroatoms. The lowest BCUT2D eigenvalue weighted by molar-refractivity contribution is 0.353. The minimum Gasteiger partial charge on any atom is -0.339 e. The standard InChI is InChI=1S/C11H15N5O/c1-16-6-13-5-9(16)10-14-11(17-15-10)7-2-3-8(12)4-7/h5-8H,2-4,12H2,1H3. The van der Waals surface area contributed by atoms with Gasteiger partial charge in [-0.15, -0.1) is 0 Å². The molecule has 0 radical (unpaired) electrons. The van der Waals surface area contributed by atoms with Crippen LogP contribution in [0.1, 0.15) is 31.1 Å². The fourth-order valence-electron chi connectivity index (χ4n) is 2.32. The van der Waals surface area contributed by atoms with Crippen molar-refractivity contribution < 1.29 is 4.52 Å². The molecule has 2 N–H and O–H groups in total. The van der Waals surface area contributed by atoms with Crippen LogP contribution in [-0.2, 0) is 7.05 Å². The van der Waals surface area contributed by atoms with E-state index in [1.54, 1.807) is 12.5 Å². The van der Waals surface area contributed by atoms with Crippen molar-refractivity contribution in [3.8, 4) is 11.5 Å². The molecule has 3 rings (SSSR count). The quantitative estimate of drug-likeness (QED) is 0.838. The van der Waals surface area contributed by atoms with Crippen LogP contribution in [0.15, 0.2) is 17.0 Å². The Hall–Kier alpha value is -1.69. The van der Waals surface area contributed by atoms with Crippen LogP contribution in [0.2, 0.25) is 0 Å². The maximum absolute atomic E-state index is 5.88. The Kier molecular flexibility index (Phi) is 2.44. The molecule has 0 bridgehead atoms. The van der Waals surface area contributed by atoms with Crippen LogP contribution in [0.5, 0.6) is 0 Å². The molecule has 2 unspecified atom stereocenters. The maximum atomic E-state index is 5.88. The predicted molar refractivity (Wildman–Crippen MR) is 61.1 cm³/mol. The summed E-state index contributed by atoms with van der Waals surface area (Å²) in [6, 6.07) is 0.270. The van der Waals surface area contributed by atoms with E-state index in [-0.39, 0.29) is 6.04 Å². The molecule has 1 fully saturated rings. The Bertz CT molecular complexity index is 517. The zero-order chi connectivity index (χ0) is 11.8. The Morgan fingerprint density at radius 1 is 1.47 bits per heavy atom. The highest BCUT2D eigenvalue weighted by atomic mass is 16.5. The molecule has 1 aliphatic rings. The molecule has 0 spiro atoms. The van der Waals surface area contributed by atoms with Gasteiger partial charge in [0.05, 0.1) is 12.5 Å². The summed E-state index contributed by atoms with van der Waals surface area (Å²) < 4.78 is 7.19. The molecule has 90 valence electrons. The number of aryl methyl sites for hydroxylation is 1. The summed E-state index contributed by atoms with van der Waals surface area (Å²) in [4.78, 5) is 8.47. The largest absolute Gasteiger partial charge is 0.339 e. The highest BCUT2D eigenvalue weighted by Crippen LogP contribution is 2.33. The lowest BCUT2D eigenvalue weighted by Crippen LogP contribution is -2.14. The van der Waals surface area contributed by atoms with Crippen molar-refractivity contribution in [1.29, 1.82) is 0 Å². The van der Waals surface area contributed by atoms with E-state index in [9.17, 15) is 0 Å². The second kappa shape index (κ2) is 3.96. The highest BCUT2D eigenvalue weighted by Gasteiger charge is 2.28. The Morgan fingerprint density at radius 3 is 3.00 bits per heavy atom. The monoisotopic (exact) mass is 233 g/mol. The molecule has 0 aromatic carbocycles. The van der Waals surface area contributed by atoms with E-state index in [2.05, 4.69) is 15.1 Å². The number of imidazole rings is 1. The van der Waals surface area contributed by atoms with E-state index in [1.807, 2.05) is 11.6 Å². The van der Waals surface area contributed by atoms with Crippen LogP contribution in [0.4, 0.5) is 0 Å². The van der Waals surface area contributed by atoms with Crippen LogP contribution in [0, 0.1) is 0 Å². The van der Waals surface area contributed by atoms with Crippen LogP contribution in [0.25, 0.3) is 11.5 Å². The summed E-state index contributed by atoms with van der Waals surface area (Å²) in [6.45, 7) is 0. The molecule has 2 atom stereocenters. The molecule has 2 aromatic heterocycles. The van der Waals surface area contributed by atoms with Crippen LogP contribution >= 0.6 is 0 Å². The third-order valence-corrected chi connectivity index (χ3v) is 3.31. The Labute approximate surface area is 98.8 Å². The number of aromatic nitrogens is 4. The summed E-state index contributed by atoms with van der Waals surface area (Å²) in [5.41, 5.74) is 6.75. The van der Waals surface area contributed by atoms with E-state index in [4.69, 9.17) is 10.3 Å². The van der Waals surface area contributed by atoms with Crippen molar-refractivity contribution in [3.63, 3.8) is 0 Å². The maximum Gasteiger partial charge on any atom is 0.230 e. The Morgan fingerprint density at radius 2 is 2.35 bits per heavy atom. The molecule has 1 saturated carbocycles. The van der Waals surface area contributed by atoms with Gasteiger partial charge in [0.1, 0.15) is 5.69 Å². The van der Waals surface area contributed by atoms with Gasteiger partial charge in [-0.25, -0.2) is 4.98 Å². The van der Waals surface area contributed by atoms with Crippen molar-refractivity contribution in [1.82, 2.24) is 19.7 Å². The summed E-state index contributed by atoms with van der Waals surface area (Å²) >= 11 is 0. The number of nitrogens with two attached hydrogens (primary N) is 1. The molecular formula is C11H15N5O. The minimum absolute atomic E-state index is 0.270. The van der Waals surface area contributed by atoms with Gasteiger partial charge in [0.25, 0.3) is 0 Å². The summed E-state index contributed by atoms with van der Waals surface area (Å²) in [5.74, 6) is 1.62. The van der Waals surface area contributed by atoms with Gasteiger partial charge in [-0.05, 0) is 19.3 Å². The molecule has 0 saturated heterocycles. The summed E-state index contributed by atoms with van der Waals surface area (Å²) in [6.07, 6.45) is 6.46. The first-order valence-electron chi connectivity index (χ1n) is 5.80. The third kappa shape index (κ3) is 1.84. The van der Waals surface area contributed by atoms with Crippen LogP contribution in [0.3, 0.4) is 0 Å². The van der Waals surface area contributed by atoms with Gasteiger partial charge in [-0.1, -0.05) is 5.16 Å². The first-order chi connectivity index (χ1) is 8.24. The first kappa shape index (κ1) is 10.5. The first-order valence-corrected chi connectivity index (χ1v) is 5.80. The number of hydrogen-bond donors (Lipinski definition) is 1. The second-order valence-electron chi connectivity index (χ2n) is 4.62. The van der Waals surface area contributed by atoms with Gasteiger partial charge in [-0.3, -0.25) is 0 Å². The van der Waals surface area contributed by atoms with Crippen LogP contribution in [-0.4, -0.2) is 25.7 Å². The van der Waals surface area contributed by atoms with Gasteiger partial charge in [0.2, 0.25) is 11.7 Å². The summed E-state index contributed by atoms with van der Waals surface area (Å²) in [5, 5.41) is 4.00. The Balaban J connectivity index is 1.86. The average molecular weight is 233 g/mol. The molecule has 2 aromatic rings. The van der Waals surface area contributed by atoms with Crippen LogP contribution < -0.4 is 5.73 Å². The molecule has 6 nitrogen and oxygen atoms in total. The lowest BCUT2D eigenvalue weighted by atomic mass is 10.1. The van der Waals surface area contributed by atoms with Gasteiger partial charge in [0.15, 0.2) is 0 Å². The molecule has 17 heavy (non-hydrogen) atoms. The van der Waals surface area contributed by atoms with E-state index in [0.717, 1.165) is 25.0 Å². The predicted octanol–water partition coefficient (Wildman–Crippen LogP) is 1.06. The molecule has 0 aliphatic heterocycles. The molecular weight excluding hydrogens is 218 g/mol. The molecule has 0 amide bonds. The van der Waals surface area contributed by atoms with Gasteiger partial charge < -0.3 is 14.8 Å². The highest BCUT2D eigenvalue weighted by molar-refractivity contribution is 5.47. The fraction of sp³-hybridized carbons (Fsp3) is 0.545. The van der Waals surface area contributed by atoms with Gasteiger partial charge in [-0.2, -0.15) is 4.98 Å². The van der Waals surface area contributed by atoms with E-state index in [1.165, 1.54) is 0 Å². The fourth-order valence-corrected chi connectivity index (χ4v) is 2.32. The van der Waals surface area contributed by atoms with Crippen molar-refractivity contribution in [3.05, 3.63) is 18.4 Å². The SMILES string of the molecule is Cn1cncc1-c1noc(C2CCC(N)C2)n1. The molecule has 1 aliphatic carbocycles. The van der Waals surface area contributed by atoms with Gasteiger partial charge in [0, 0.05) is 19.0 Å². The lowest BCUT2D eigenvalue weighted by Gasteiger charge is -2.01. The van der Waals surface area contributed by atoms with Crippen molar-refractivity contribution >= 4 is 0 Å². The zero-order valence-corrected chi connectivity index (χ0v) is 9.71. The normalized spacial score (nSPS) is 24.4.